The minimum Gasteiger partial charge on any atom is -0.298 e. The fourth-order valence-electron chi connectivity index (χ4n) is 1.11. The topological polar surface area (TPSA) is 6.48 Å². The van der Waals surface area contributed by atoms with Gasteiger partial charge in [-0.25, -0.2) is 4.39 Å². The van der Waals surface area contributed by atoms with E-state index < -0.39 is 0 Å². The van der Waals surface area contributed by atoms with E-state index in [9.17, 15) is 4.39 Å². The fraction of sp³-hybridized carbons (Fsp3) is 0.857. The van der Waals surface area contributed by atoms with Gasteiger partial charge in [-0.2, -0.15) is 0 Å². The van der Waals surface area contributed by atoms with Gasteiger partial charge in [0.05, 0.1) is 0 Å². The van der Waals surface area contributed by atoms with Gasteiger partial charge in [0.25, 0.3) is 0 Å². The maximum atomic E-state index is 11.8. The molecule has 0 aromatic carbocycles. The molecular weight excluding hydrogens is 131 g/mol. The van der Waals surface area contributed by atoms with Crippen molar-refractivity contribution < 1.29 is 4.39 Å². The summed E-state index contributed by atoms with van der Waals surface area (Å²) in [5.74, 6) is 0. The van der Waals surface area contributed by atoms with Gasteiger partial charge in [0.15, 0.2) is 0 Å². The first-order chi connectivity index (χ1) is 4.83. The lowest BCUT2D eigenvalue weighted by molar-refractivity contribution is 0.157. The minimum absolute atomic E-state index is 0.245. The van der Waals surface area contributed by atoms with E-state index in [1.807, 2.05) is 0 Å². The first kappa shape index (κ1) is 7.95. The molecule has 0 aliphatic carbocycles. The van der Waals surface area contributed by atoms with Crippen molar-refractivity contribution in [1.82, 2.24) is 9.80 Å². The van der Waals surface area contributed by atoms with Gasteiger partial charge in [-0.3, -0.25) is 9.80 Å². The maximum Gasteiger partial charge on any atom is 0.102 e. The van der Waals surface area contributed by atoms with Crippen LogP contribution in [0.15, 0.2) is 0 Å². The van der Waals surface area contributed by atoms with Crippen LogP contribution in [-0.2, 0) is 0 Å². The lowest BCUT2D eigenvalue weighted by Crippen LogP contribution is -2.44. The molecule has 1 heterocycles. The van der Waals surface area contributed by atoms with Crippen molar-refractivity contribution in [3.63, 3.8) is 0 Å². The van der Waals surface area contributed by atoms with E-state index in [-0.39, 0.29) is 6.67 Å². The lowest BCUT2D eigenvalue weighted by Gasteiger charge is -2.31. The van der Waals surface area contributed by atoms with Gasteiger partial charge in [0.1, 0.15) is 6.67 Å². The first-order valence-electron chi connectivity index (χ1n) is 3.61. The molecule has 3 heteroatoms. The van der Waals surface area contributed by atoms with Gasteiger partial charge in [-0.1, -0.05) is 0 Å². The number of halogens is 1. The number of alkyl halides is 1. The summed E-state index contributed by atoms with van der Waals surface area (Å²) in [7, 11) is 5.51. The summed E-state index contributed by atoms with van der Waals surface area (Å²) < 4.78 is 11.8. The van der Waals surface area contributed by atoms with Crippen molar-refractivity contribution in [1.29, 1.82) is 0 Å². The second kappa shape index (κ2) is 3.88. The Morgan fingerprint density at radius 2 is 1.80 bits per heavy atom. The Morgan fingerprint density at radius 1 is 1.20 bits per heavy atom. The molecule has 0 bridgehead atoms. The molecule has 0 amide bonds. The average molecular weight is 144 g/mol. The molecule has 58 valence electrons. The molecule has 2 nitrogen and oxygen atoms in total. The zero-order valence-corrected chi connectivity index (χ0v) is 6.09. The molecule has 1 aliphatic heterocycles. The molecule has 0 aromatic heterocycles. The summed E-state index contributed by atoms with van der Waals surface area (Å²) >= 11 is 0. The molecule has 0 spiro atoms. The van der Waals surface area contributed by atoms with Gasteiger partial charge in [0, 0.05) is 39.8 Å². The third-order valence-corrected chi connectivity index (χ3v) is 1.81. The highest BCUT2D eigenvalue weighted by atomic mass is 19.1. The summed E-state index contributed by atoms with van der Waals surface area (Å²) in [6.45, 7) is 3.85. The van der Waals surface area contributed by atoms with Crippen LogP contribution in [0.3, 0.4) is 0 Å². The molecule has 1 saturated heterocycles. The Morgan fingerprint density at radius 3 is 2.30 bits per heavy atom. The number of piperazine rings is 1. The normalized spacial score (nSPS) is 23.4. The van der Waals surface area contributed by atoms with Crippen molar-refractivity contribution in [2.45, 2.75) is 0 Å². The monoisotopic (exact) mass is 144 g/mol. The Labute approximate surface area is 61.6 Å². The fourth-order valence-corrected chi connectivity index (χ4v) is 1.11. The van der Waals surface area contributed by atoms with Crippen LogP contribution in [0.5, 0.6) is 0 Å². The van der Waals surface area contributed by atoms with E-state index in [4.69, 9.17) is 7.05 Å². The van der Waals surface area contributed by atoms with Gasteiger partial charge in [0.2, 0.25) is 0 Å². The minimum atomic E-state index is -0.245. The molecule has 10 heavy (non-hydrogen) atoms. The van der Waals surface area contributed by atoms with Gasteiger partial charge in [-0.15, -0.1) is 0 Å². The van der Waals surface area contributed by atoms with Crippen LogP contribution in [0.2, 0.25) is 0 Å². The first-order valence-corrected chi connectivity index (χ1v) is 3.61. The summed E-state index contributed by atoms with van der Waals surface area (Å²) in [5.41, 5.74) is 0. The molecule has 2 radical (unpaired) electrons. The van der Waals surface area contributed by atoms with Crippen molar-refractivity contribution in [3.8, 4) is 0 Å². The zero-order valence-electron chi connectivity index (χ0n) is 6.09. The summed E-state index contributed by atoms with van der Waals surface area (Å²) in [4.78, 5) is 3.86. The predicted octanol–water partition coefficient (Wildman–Crippen LogP) is 0.242. The number of hydrogen-bond acceptors (Lipinski definition) is 2. The zero-order chi connectivity index (χ0) is 7.40. The highest BCUT2D eigenvalue weighted by Gasteiger charge is 2.12. The maximum absolute atomic E-state index is 11.8. The van der Waals surface area contributed by atoms with Crippen molar-refractivity contribution in [3.05, 3.63) is 7.05 Å². The summed E-state index contributed by atoms with van der Waals surface area (Å²) in [6, 6.07) is 0. The number of hydrogen-bond donors (Lipinski definition) is 0. The summed E-state index contributed by atoms with van der Waals surface area (Å²) in [6.07, 6.45) is 0. The molecule has 1 rings (SSSR count). The number of nitrogens with zero attached hydrogens (tertiary/aromatic N) is 2. The van der Waals surface area contributed by atoms with Gasteiger partial charge in [-0.05, 0) is 0 Å². The van der Waals surface area contributed by atoms with Crippen molar-refractivity contribution in [2.75, 3.05) is 39.4 Å². The predicted molar refractivity (Wildman–Crippen MR) is 38.3 cm³/mol. The van der Waals surface area contributed by atoms with Crippen molar-refractivity contribution >= 4 is 0 Å². The lowest BCUT2D eigenvalue weighted by atomic mass is 10.3. The Kier molecular flexibility index (Phi) is 3.09. The molecular formula is C7H13FN2. The van der Waals surface area contributed by atoms with Crippen LogP contribution in [0.4, 0.5) is 4.39 Å². The third kappa shape index (κ3) is 2.23. The second-order valence-corrected chi connectivity index (χ2v) is 2.57. The van der Waals surface area contributed by atoms with E-state index in [1.54, 1.807) is 4.90 Å². The van der Waals surface area contributed by atoms with Gasteiger partial charge < -0.3 is 0 Å². The van der Waals surface area contributed by atoms with E-state index in [2.05, 4.69) is 4.90 Å². The van der Waals surface area contributed by atoms with Crippen LogP contribution in [-0.4, -0.2) is 49.2 Å². The molecule has 0 aromatic rings. The van der Waals surface area contributed by atoms with E-state index in [1.165, 1.54) is 0 Å². The average Bonchev–Trinajstić information content (AvgIpc) is 1.95. The highest BCUT2D eigenvalue weighted by molar-refractivity contribution is 4.70. The van der Waals surface area contributed by atoms with Crippen LogP contribution in [0, 0.1) is 7.05 Å². The van der Waals surface area contributed by atoms with Crippen LogP contribution in [0.25, 0.3) is 0 Å². The molecule has 0 atom stereocenters. The Balaban J connectivity index is 2.13. The quantitative estimate of drug-likeness (QED) is 0.548. The Bertz CT molecular complexity index is 89.6. The van der Waals surface area contributed by atoms with E-state index in [0.717, 1.165) is 26.2 Å². The van der Waals surface area contributed by atoms with Crippen LogP contribution >= 0.6 is 0 Å². The molecule has 1 aliphatic rings. The Hall–Kier alpha value is -0.150. The number of rotatable bonds is 2. The standard InChI is InChI=1S/C7H13FN2/c1-9-4-6-10(3-2-8)7-5-9/h1H,2-7H2. The molecule has 0 N–H and O–H groups in total. The highest BCUT2D eigenvalue weighted by Crippen LogP contribution is 1.98. The SMILES string of the molecule is [CH]N1CCN(CCF)CC1. The van der Waals surface area contributed by atoms with E-state index >= 15 is 0 Å². The molecule has 0 saturated carbocycles. The molecule has 1 fully saturated rings. The van der Waals surface area contributed by atoms with E-state index in [0.29, 0.717) is 6.54 Å². The van der Waals surface area contributed by atoms with Crippen LogP contribution < -0.4 is 0 Å². The van der Waals surface area contributed by atoms with Crippen molar-refractivity contribution in [2.24, 2.45) is 0 Å². The smallest absolute Gasteiger partial charge is 0.102 e. The summed E-state index contributed by atoms with van der Waals surface area (Å²) in [5, 5.41) is 0. The second-order valence-electron chi connectivity index (χ2n) is 2.57. The largest absolute Gasteiger partial charge is 0.298 e. The van der Waals surface area contributed by atoms with Gasteiger partial charge >= 0.3 is 0 Å². The third-order valence-electron chi connectivity index (χ3n) is 1.81. The van der Waals surface area contributed by atoms with Crippen LogP contribution in [0.1, 0.15) is 0 Å². The molecule has 0 unspecified atom stereocenters.